The second kappa shape index (κ2) is 11.0. The standard InChI is InChI=1S/C24H28BrN5O2S/c1-14(2)19-12-17(25)10-11-20(19)27-21(31)13-33-24-29-28-22(30(24)5)16(4)26-23(32)18-9-7-6-8-15(18)3/h6-12,14,16H,13H2,1-5H3,(H,26,32)(H,27,31)/t16-/m0/s1. The van der Waals surface area contributed by atoms with Crippen LogP contribution in [0.5, 0.6) is 0 Å². The van der Waals surface area contributed by atoms with Crippen LogP contribution >= 0.6 is 27.7 Å². The zero-order valence-electron chi connectivity index (χ0n) is 19.3. The Morgan fingerprint density at radius 3 is 2.55 bits per heavy atom. The Bertz CT molecular complexity index is 1160. The maximum atomic E-state index is 12.6. The number of hydrogen-bond donors (Lipinski definition) is 2. The number of aromatic nitrogens is 3. The van der Waals surface area contributed by atoms with Gasteiger partial charge in [-0.25, -0.2) is 0 Å². The number of carbonyl (C=O) groups is 2. The molecule has 2 N–H and O–H groups in total. The molecule has 0 radical (unpaired) electrons. The number of amides is 2. The van der Waals surface area contributed by atoms with Crippen molar-refractivity contribution in [1.82, 2.24) is 20.1 Å². The summed E-state index contributed by atoms with van der Waals surface area (Å²) < 4.78 is 2.79. The highest BCUT2D eigenvalue weighted by Gasteiger charge is 2.20. The molecule has 33 heavy (non-hydrogen) atoms. The number of carbonyl (C=O) groups excluding carboxylic acids is 2. The summed E-state index contributed by atoms with van der Waals surface area (Å²) >= 11 is 4.79. The van der Waals surface area contributed by atoms with Gasteiger partial charge in [-0.15, -0.1) is 10.2 Å². The van der Waals surface area contributed by atoms with Crippen molar-refractivity contribution >= 4 is 45.2 Å². The molecule has 3 aromatic rings. The minimum atomic E-state index is -0.339. The van der Waals surface area contributed by atoms with Crippen molar-refractivity contribution in [2.75, 3.05) is 11.1 Å². The molecule has 0 saturated carbocycles. The van der Waals surface area contributed by atoms with Crippen LogP contribution < -0.4 is 10.6 Å². The van der Waals surface area contributed by atoms with E-state index >= 15 is 0 Å². The number of thioether (sulfide) groups is 1. The van der Waals surface area contributed by atoms with Crippen LogP contribution in [0.25, 0.3) is 0 Å². The van der Waals surface area contributed by atoms with Gasteiger partial charge in [0.25, 0.3) is 5.91 Å². The largest absolute Gasteiger partial charge is 0.342 e. The van der Waals surface area contributed by atoms with Crippen LogP contribution in [0.3, 0.4) is 0 Å². The molecule has 2 aromatic carbocycles. The fraction of sp³-hybridized carbons (Fsp3) is 0.333. The summed E-state index contributed by atoms with van der Waals surface area (Å²) in [5, 5.41) is 15.0. The van der Waals surface area contributed by atoms with E-state index < -0.39 is 0 Å². The summed E-state index contributed by atoms with van der Waals surface area (Å²) in [6, 6.07) is 12.9. The van der Waals surface area contributed by atoms with E-state index in [1.165, 1.54) is 11.8 Å². The van der Waals surface area contributed by atoms with Gasteiger partial charge < -0.3 is 15.2 Å². The Labute approximate surface area is 206 Å². The van der Waals surface area contributed by atoms with Crippen molar-refractivity contribution in [2.45, 2.75) is 44.8 Å². The molecular formula is C24H28BrN5O2S. The fourth-order valence-electron chi connectivity index (χ4n) is 3.44. The molecule has 7 nitrogen and oxygen atoms in total. The number of aryl methyl sites for hydroxylation is 1. The topological polar surface area (TPSA) is 88.9 Å². The molecule has 0 aliphatic heterocycles. The van der Waals surface area contributed by atoms with E-state index in [0.29, 0.717) is 16.5 Å². The maximum absolute atomic E-state index is 12.6. The number of nitrogens with one attached hydrogen (secondary N) is 2. The van der Waals surface area contributed by atoms with E-state index in [2.05, 4.69) is 50.6 Å². The Hall–Kier alpha value is -2.65. The molecule has 2 amide bonds. The molecule has 3 rings (SSSR count). The average molecular weight is 530 g/mol. The summed E-state index contributed by atoms with van der Waals surface area (Å²) in [5.74, 6) is 0.823. The number of hydrogen-bond acceptors (Lipinski definition) is 5. The maximum Gasteiger partial charge on any atom is 0.252 e. The first kappa shape index (κ1) is 25.0. The molecule has 174 valence electrons. The van der Waals surface area contributed by atoms with Crippen molar-refractivity contribution in [2.24, 2.45) is 7.05 Å². The zero-order chi connectivity index (χ0) is 24.1. The summed E-state index contributed by atoms with van der Waals surface area (Å²) in [6.45, 7) is 7.95. The van der Waals surface area contributed by atoms with Gasteiger partial charge in [0.2, 0.25) is 5.91 Å². The van der Waals surface area contributed by atoms with Gasteiger partial charge in [-0.3, -0.25) is 9.59 Å². The van der Waals surface area contributed by atoms with Crippen LogP contribution in [0.15, 0.2) is 52.1 Å². The number of halogens is 1. The van der Waals surface area contributed by atoms with Crippen molar-refractivity contribution in [3.63, 3.8) is 0 Å². The van der Waals surface area contributed by atoms with Crippen LogP contribution in [0.1, 0.15) is 60.0 Å². The lowest BCUT2D eigenvalue weighted by Gasteiger charge is -2.15. The molecule has 0 spiro atoms. The molecular weight excluding hydrogens is 502 g/mol. The van der Waals surface area contributed by atoms with Gasteiger partial charge in [-0.05, 0) is 55.2 Å². The lowest BCUT2D eigenvalue weighted by molar-refractivity contribution is -0.113. The summed E-state index contributed by atoms with van der Waals surface area (Å²) in [4.78, 5) is 25.2. The third kappa shape index (κ3) is 6.23. The molecule has 0 unspecified atom stereocenters. The third-order valence-electron chi connectivity index (χ3n) is 5.24. The Balaban J connectivity index is 1.61. The monoisotopic (exact) mass is 529 g/mol. The number of rotatable bonds is 8. The molecule has 0 fully saturated rings. The summed E-state index contributed by atoms with van der Waals surface area (Å²) in [6.07, 6.45) is 0. The minimum Gasteiger partial charge on any atom is -0.342 e. The SMILES string of the molecule is Cc1ccccc1C(=O)N[C@@H](C)c1nnc(SCC(=O)Nc2ccc(Br)cc2C(C)C)n1C. The van der Waals surface area contributed by atoms with Gasteiger partial charge in [-0.2, -0.15) is 0 Å². The van der Waals surface area contributed by atoms with Crippen LogP contribution in [-0.2, 0) is 11.8 Å². The number of nitrogens with zero attached hydrogens (tertiary/aromatic N) is 3. The molecule has 0 aliphatic carbocycles. The minimum absolute atomic E-state index is 0.116. The molecule has 0 bridgehead atoms. The highest BCUT2D eigenvalue weighted by atomic mass is 79.9. The highest BCUT2D eigenvalue weighted by molar-refractivity contribution is 9.10. The van der Waals surface area contributed by atoms with Crippen molar-refractivity contribution in [3.05, 3.63) is 69.5 Å². The van der Waals surface area contributed by atoms with Crippen molar-refractivity contribution in [1.29, 1.82) is 0 Å². The molecule has 9 heteroatoms. The predicted molar refractivity (Wildman–Crippen MR) is 136 cm³/mol. The lowest BCUT2D eigenvalue weighted by Crippen LogP contribution is -2.29. The first-order valence-electron chi connectivity index (χ1n) is 10.6. The predicted octanol–water partition coefficient (Wildman–Crippen LogP) is 5.23. The molecule has 1 atom stereocenters. The van der Waals surface area contributed by atoms with E-state index in [-0.39, 0.29) is 29.5 Å². The smallest absolute Gasteiger partial charge is 0.252 e. The third-order valence-corrected chi connectivity index (χ3v) is 6.75. The molecule has 1 heterocycles. The van der Waals surface area contributed by atoms with E-state index in [1.54, 1.807) is 10.6 Å². The van der Waals surface area contributed by atoms with Gasteiger partial charge in [0.15, 0.2) is 11.0 Å². The van der Waals surface area contributed by atoms with E-state index in [0.717, 1.165) is 21.3 Å². The van der Waals surface area contributed by atoms with Gasteiger partial charge >= 0.3 is 0 Å². The molecule has 0 aliphatic rings. The Morgan fingerprint density at radius 1 is 1.12 bits per heavy atom. The number of benzene rings is 2. The van der Waals surface area contributed by atoms with Crippen molar-refractivity contribution < 1.29 is 9.59 Å². The van der Waals surface area contributed by atoms with Crippen LogP contribution in [0.2, 0.25) is 0 Å². The first-order chi connectivity index (χ1) is 15.7. The van der Waals surface area contributed by atoms with E-state index in [4.69, 9.17) is 0 Å². The second-order valence-electron chi connectivity index (χ2n) is 8.13. The fourth-order valence-corrected chi connectivity index (χ4v) is 4.53. The van der Waals surface area contributed by atoms with Crippen molar-refractivity contribution in [3.8, 4) is 0 Å². The van der Waals surface area contributed by atoms with Gasteiger partial charge in [0, 0.05) is 22.8 Å². The van der Waals surface area contributed by atoms with Crippen LogP contribution in [-0.4, -0.2) is 32.3 Å². The Morgan fingerprint density at radius 2 is 1.85 bits per heavy atom. The van der Waals surface area contributed by atoms with E-state index in [9.17, 15) is 9.59 Å². The van der Waals surface area contributed by atoms with E-state index in [1.807, 2.05) is 57.3 Å². The Kier molecular flexibility index (Phi) is 8.31. The van der Waals surface area contributed by atoms with Crippen LogP contribution in [0.4, 0.5) is 5.69 Å². The van der Waals surface area contributed by atoms with Gasteiger partial charge in [-0.1, -0.05) is 59.7 Å². The van der Waals surface area contributed by atoms with Gasteiger partial charge in [0.05, 0.1) is 11.8 Å². The average Bonchev–Trinajstić information content (AvgIpc) is 3.14. The van der Waals surface area contributed by atoms with Crippen LogP contribution in [0, 0.1) is 6.92 Å². The lowest BCUT2D eigenvalue weighted by atomic mass is 10.0. The summed E-state index contributed by atoms with van der Waals surface area (Å²) in [5.41, 5.74) is 3.42. The summed E-state index contributed by atoms with van der Waals surface area (Å²) in [7, 11) is 1.83. The first-order valence-corrected chi connectivity index (χ1v) is 12.4. The molecule has 0 saturated heterocycles. The highest BCUT2D eigenvalue weighted by Crippen LogP contribution is 2.28. The normalized spacial score (nSPS) is 12.0. The number of anilines is 1. The quantitative estimate of drug-likeness (QED) is 0.390. The second-order valence-corrected chi connectivity index (χ2v) is 9.99. The van der Waals surface area contributed by atoms with Gasteiger partial charge in [0.1, 0.15) is 0 Å². The molecule has 1 aromatic heterocycles. The zero-order valence-corrected chi connectivity index (χ0v) is 21.8.